The molecule has 6 heteroatoms. The summed E-state index contributed by atoms with van der Waals surface area (Å²) in [5, 5.41) is 18.0. The molecule has 1 aliphatic rings. The molecule has 0 aliphatic heterocycles. The lowest BCUT2D eigenvalue weighted by Gasteiger charge is -2.36. The zero-order valence-corrected chi connectivity index (χ0v) is 15.1. The molecule has 0 spiro atoms. The number of hydrogen-bond donors (Lipinski definition) is 0. The molecule has 1 amide bonds. The summed E-state index contributed by atoms with van der Waals surface area (Å²) in [6, 6.07) is 2.51. The van der Waals surface area contributed by atoms with Gasteiger partial charge in [0.2, 0.25) is 5.91 Å². The molecule has 1 fully saturated rings. The highest BCUT2D eigenvalue weighted by molar-refractivity contribution is 7.99. The number of aryl methyl sites for hydroxylation is 1. The average Bonchev–Trinajstić information content (AvgIpc) is 2.55. The van der Waals surface area contributed by atoms with Crippen molar-refractivity contribution in [3.63, 3.8) is 0 Å². The quantitative estimate of drug-likeness (QED) is 0.792. The van der Waals surface area contributed by atoms with Crippen LogP contribution in [0.5, 0.6) is 0 Å². The Morgan fingerprint density at radius 2 is 2.04 bits per heavy atom. The van der Waals surface area contributed by atoms with E-state index in [0.29, 0.717) is 28.3 Å². The summed E-state index contributed by atoms with van der Waals surface area (Å²) in [5.41, 5.74) is 2.13. The van der Waals surface area contributed by atoms with Gasteiger partial charge in [0.1, 0.15) is 11.1 Å². The second-order valence-electron chi connectivity index (χ2n) is 6.32. The van der Waals surface area contributed by atoms with E-state index < -0.39 is 0 Å². The molecule has 0 bridgehead atoms. The normalized spacial score (nSPS) is 20.8. The molecule has 1 aromatic rings. The first-order chi connectivity index (χ1) is 11.0. The van der Waals surface area contributed by atoms with Crippen LogP contribution in [-0.2, 0) is 4.79 Å². The molecule has 1 aromatic heterocycles. The number of thioether (sulfide) groups is 1. The van der Waals surface area contributed by atoms with Crippen LogP contribution in [0.1, 0.15) is 49.4 Å². The Hall–Kier alpha value is -1.61. The smallest absolute Gasteiger partial charge is 0.232 e. The van der Waals surface area contributed by atoms with Crippen LogP contribution in [0, 0.1) is 31.1 Å². The molecule has 124 valence electrons. The monoisotopic (exact) mass is 332 g/mol. The maximum atomic E-state index is 12.5. The van der Waals surface area contributed by atoms with Gasteiger partial charge in [0.05, 0.1) is 17.0 Å². The van der Waals surface area contributed by atoms with Crippen LogP contribution in [0.3, 0.4) is 0 Å². The molecule has 23 heavy (non-hydrogen) atoms. The highest BCUT2D eigenvalue weighted by Crippen LogP contribution is 2.28. The molecular formula is C17H24N4OS. The van der Waals surface area contributed by atoms with Crippen molar-refractivity contribution >= 4 is 17.7 Å². The third-order valence-electron chi connectivity index (χ3n) is 4.82. The maximum absolute atomic E-state index is 12.5. The minimum atomic E-state index is 0.0951. The van der Waals surface area contributed by atoms with E-state index in [1.54, 1.807) is 0 Å². The van der Waals surface area contributed by atoms with E-state index in [-0.39, 0.29) is 5.91 Å². The fourth-order valence-corrected chi connectivity index (χ4v) is 4.01. The summed E-state index contributed by atoms with van der Waals surface area (Å²) in [4.78, 5) is 14.4. The van der Waals surface area contributed by atoms with E-state index in [1.165, 1.54) is 31.0 Å². The van der Waals surface area contributed by atoms with Gasteiger partial charge < -0.3 is 4.90 Å². The third kappa shape index (κ3) is 4.03. The number of carbonyl (C=O) groups excluding carboxylic acids is 1. The Morgan fingerprint density at radius 3 is 2.70 bits per heavy atom. The zero-order valence-electron chi connectivity index (χ0n) is 14.3. The second kappa shape index (κ2) is 7.78. The van der Waals surface area contributed by atoms with E-state index in [1.807, 2.05) is 25.8 Å². The molecule has 1 saturated carbocycles. The molecule has 0 radical (unpaired) electrons. The molecule has 0 unspecified atom stereocenters. The largest absolute Gasteiger partial charge is 0.342 e. The van der Waals surface area contributed by atoms with Gasteiger partial charge in [-0.05, 0) is 38.2 Å². The minimum absolute atomic E-state index is 0.0951. The van der Waals surface area contributed by atoms with Crippen molar-refractivity contribution in [1.82, 2.24) is 15.1 Å². The molecule has 0 aromatic carbocycles. The van der Waals surface area contributed by atoms with Gasteiger partial charge in [0.15, 0.2) is 0 Å². The molecule has 5 nitrogen and oxygen atoms in total. The van der Waals surface area contributed by atoms with Crippen LogP contribution in [0.4, 0.5) is 0 Å². The molecule has 0 saturated heterocycles. The van der Waals surface area contributed by atoms with Crippen molar-refractivity contribution in [2.75, 3.05) is 12.8 Å². The molecule has 2 rings (SSSR count). The van der Waals surface area contributed by atoms with Crippen molar-refractivity contribution in [3.05, 3.63) is 16.8 Å². The molecular weight excluding hydrogens is 308 g/mol. The number of amides is 1. The standard InChI is InChI=1S/C17H24N4OS/c1-11-7-5-6-8-15(11)21(4)16(22)10-23-17-14(9-18)12(2)13(3)19-20-17/h11,15H,5-8,10H2,1-4H3/t11-,15-/m0/s1. The molecule has 0 N–H and O–H groups in total. The Bertz CT molecular complexity index is 626. The Morgan fingerprint density at radius 1 is 1.35 bits per heavy atom. The Kier molecular flexibility index (Phi) is 6.00. The van der Waals surface area contributed by atoms with Gasteiger partial charge in [-0.25, -0.2) is 0 Å². The topological polar surface area (TPSA) is 69.9 Å². The molecule has 1 aliphatic carbocycles. The lowest BCUT2D eigenvalue weighted by molar-refractivity contribution is -0.130. The van der Waals surface area contributed by atoms with E-state index in [2.05, 4.69) is 23.2 Å². The number of rotatable bonds is 4. The maximum Gasteiger partial charge on any atom is 0.232 e. The lowest BCUT2D eigenvalue weighted by atomic mass is 9.85. The van der Waals surface area contributed by atoms with Crippen molar-refractivity contribution < 1.29 is 4.79 Å². The van der Waals surface area contributed by atoms with Crippen molar-refractivity contribution in [2.45, 2.75) is 57.5 Å². The van der Waals surface area contributed by atoms with Gasteiger partial charge in [-0.2, -0.15) is 10.4 Å². The number of hydrogen-bond acceptors (Lipinski definition) is 5. The Balaban J connectivity index is 2.02. The van der Waals surface area contributed by atoms with Crippen molar-refractivity contribution in [3.8, 4) is 6.07 Å². The lowest BCUT2D eigenvalue weighted by Crippen LogP contribution is -2.43. The van der Waals surface area contributed by atoms with Gasteiger partial charge >= 0.3 is 0 Å². The fraction of sp³-hybridized carbons (Fsp3) is 0.647. The van der Waals surface area contributed by atoms with Crippen LogP contribution in [-0.4, -0.2) is 39.8 Å². The summed E-state index contributed by atoms with van der Waals surface area (Å²) < 4.78 is 0. The Labute approximate surface area is 142 Å². The SMILES string of the molecule is Cc1nnc(SCC(=O)N(C)[C@H]2CCCC[C@@H]2C)c(C#N)c1C. The highest BCUT2D eigenvalue weighted by atomic mass is 32.2. The summed E-state index contributed by atoms with van der Waals surface area (Å²) >= 11 is 1.31. The van der Waals surface area contributed by atoms with Crippen LogP contribution < -0.4 is 0 Å². The first kappa shape index (κ1) is 17.7. The van der Waals surface area contributed by atoms with Gasteiger partial charge in [-0.15, -0.1) is 5.10 Å². The average molecular weight is 332 g/mol. The second-order valence-corrected chi connectivity index (χ2v) is 7.29. The summed E-state index contributed by atoms with van der Waals surface area (Å²) in [5.74, 6) is 0.947. The van der Waals surface area contributed by atoms with Gasteiger partial charge in [-0.3, -0.25) is 4.79 Å². The third-order valence-corrected chi connectivity index (χ3v) is 5.77. The number of aromatic nitrogens is 2. The van der Waals surface area contributed by atoms with Gasteiger partial charge in [-0.1, -0.05) is 31.5 Å². The summed E-state index contributed by atoms with van der Waals surface area (Å²) in [7, 11) is 1.90. The van der Waals surface area contributed by atoms with Crippen LogP contribution in [0.15, 0.2) is 5.03 Å². The van der Waals surface area contributed by atoms with E-state index in [9.17, 15) is 10.1 Å². The van der Waals surface area contributed by atoms with Crippen LogP contribution in [0.2, 0.25) is 0 Å². The molecule has 1 heterocycles. The predicted molar refractivity (Wildman–Crippen MR) is 91.1 cm³/mol. The van der Waals surface area contributed by atoms with E-state index in [0.717, 1.165) is 17.7 Å². The predicted octanol–water partition coefficient (Wildman–Crippen LogP) is 3.09. The van der Waals surface area contributed by atoms with Crippen LogP contribution in [0.25, 0.3) is 0 Å². The van der Waals surface area contributed by atoms with E-state index in [4.69, 9.17) is 0 Å². The van der Waals surface area contributed by atoms with Gasteiger partial charge in [0, 0.05) is 13.1 Å². The number of nitrogens with zero attached hydrogens (tertiary/aromatic N) is 4. The van der Waals surface area contributed by atoms with Crippen LogP contribution >= 0.6 is 11.8 Å². The molecule has 2 atom stereocenters. The van der Waals surface area contributed by atoms with Crippen molar-refractivity contribution in [2.24, 2.45) is 5.92 Å². The van der Waals surface area contributed by atoms with Crippen molar-refractivity contribution in [1.29, 1.82) is 5.26 Å². The first-order valence-electron chi connectivity index (χ1n) is 8.08. The minimum Gasteiger partial charge on any atom is -0.342 e. The first-order valence-corrected chi connectivity index (χ1v) is 9.06. The zero-order chi connectivity index (χ0) is 17.0. The van der Waals surface area contributed by atoms with Gasteiger partial charge in [0.25, 0.3) is 0 Å². The number of nitriles is 1. The van der Waals surface area contributed by atoms with E-state index >= 15 is 0 Å². The summed E-state index contributed by atoms with van der Waals surface area (Å²) in [6.07, 6.45) is 4.73. The fourth-order valence-electron chi connectivity index (χ4n) is 3.11. The highest BCUT2D eigenvalue weighted by Gasteiger charge is 2.28. The summed E-state index contributed by atoms with van der Waals surface area (Å²) in [6.45, 7) is 5.93. The number of carbonyl (C=O) groups is 1.